The Hall–Kier alpha value is -3.37. The molecule has 3 nitrogen and oxygen atoms in total. The Morgan fingerprint density at radius 3 is 1.18 bits per heavy atom. The summed E-state index contributed by atoms with van der Waals surface area (Å²) >= 11 is 4.32. The normalized spacial score (nSPS) is 11.0. The van der Waals surface area contributed by atoms with E-state index in [0.717, 1.165) is 44.2 Å². The van der Waals surface area contributed by atoms with Gasteiger partial charge >= 0.3 is 0 Å². The van der Waals surface area contributed by atoms with Crippen LogP contribution in [0.2, 0.25) is 0 Å². The lowest BCUT2D eigenvalue weighted by atomic mass is 10.1. The van der Waals surface area contributed by atoms with Gasteiger partial charge < -0.3 is 5.73 Å². The minimum Gasteiger partial charge on any atom is -0.399 e. The Kier molecular flexibility index (Phi) is 5.22. The summed E-state index contributed by atoms with van der Waals surface area (Å²) in [6.07, 6.45) is 0. The molecule has 0 spiro atoms. The Balaban J connectivity index is 1.46. The fourth-order valence-electron chi connectivity index (χ4n) is 2.89. The van der Waals surface area contributed by atoms with Gasteiger partial charge in [-0.25, -0.2) is 0 Å². The van der Waals surface area contributed by atoms with E-state index in [4.69, 9.17) is 5.73 Å². The molecule has 0 fully saturated rings. The summed E-state index contributed by atoms with van der Waals surface area (Å²) in [5.74, 6) is 0. The molecule has 0 radical (unpaired) electrons. The van der Waals surface area contributed by atoms with Gasteiger partial charge in [0.25, 0.3) is 0 Å². The minimum atomic E-state index is 0.763. The van der Waals surface area contributed by atoms with Gasteiger partial charge in [0.15, 0.2) is 0 Å². The number of anilines is 1. The molecule has 0 heterocycles. The first kappa shape index (κ1) is 18.0. The van der Waals surface area contributed by atoms with E-state index in [1.54, 1.807) is 0 Å². The quantitative estimate of drug-likeness (QED) is 0.217. The summed E-state index contributed by atoms with van der Waals surface area (Å²) < 4.78 is 0. The second kappa shape index (κ2) is 8.11. The summed E-state index contributed by atoms with van der Waals surface area (Å²) in [6, 6.07) is 31.9. The molecule has 136 valence electrons. The third kappa shape index (κ3) is 4.30. The maximum atomic E-state index is 5.74. The van der Waals surface area contributed by atoms with Crippen LogP contribution in [0, 0.1) is 0 Å². The van der Waals surface area contributed by atoms with Crippen molar-refractivity contribution < 1.29 is 0 Å². The van der Waals surface area contributed by atoms with E-state index in [-0.39, 0.29) is 0 Å². The van der Waals surface area contributed by atoms with Crippen LogP contribution in [-0.2, 0) is 0 Å². The maximum Gasteiger partial charge on any atom is 0.0857 e. The molecule has 0 saturated heterocycles. The predicted molar refractivity (Wildman–Crippen MR) is 120 cm³/mol. The smallest absolute Gasteiger partial charge is 0.0857 e. The third-order valence-electron chi connectivity index (χ3n) is 4.46. The summed E-state index contributed by atoms with van der Waals surface area (Å²) in [7, 11) is 0. The number of rotatable bonds is 4. The van der Waals surface area contributed by atoms with Crippen LogP contribution >= 0.6 is 12.6 Å². The van der Waals surface area contributed by atoms with Gasteiger partial charge in [0.2, 0.25) is 0 Å². The molecule has 0 aliphatic heterocycles. The molecule has 0 unspecified atom stereocenters. The molecule has 4 aromatic rings. The highest BCUT2D eigenvalue weighted by Gasteiger charge is 1.99. The van der Waals surface area contributed by atoms with Crippen LogP contribution in [0.1, 0.15) is 0 Å². The molecule has 0 saturated carbocycles. The monoisotopic (exact) mass is 381 g/mol. The van der Waals surface area contributed by atoms with Crippen molar-refractivity contribution in [3.8, 4) is 22.3 Å². The fraction of sp³-hybridized carbons (Fsp3) is 0. The molecule has 2 N–H and O–H groups in total. The fourth-order valence-corrected chi connectivity index (χ4v) is 3.04. The highest BCUT2D eigenvalue weighted by atomic mass is 32.1. The molecule has 0 aliphatic rings. The number of hydrogen-bond donors (Lipinski definition) is 2. The number of hydrogen-bond acceptors (Lipinski definition) is 4. The van der Waals surface area contributed by atoms with E-state index in [9.17, 15) is 0 Å². The molecule has 0 atom stereocenters. The second-order valence-corrected chi connectivity index (χ2v) is 6.98. The summed E-state index contributed by atoms with van der Waals surface area (Å²) in [6.45, 7) is 0. The van der Waals surface area contributed by atoms with Crippen LogP contribution in [0.3, 0.4) is 0 Å². The lowest BCUT2D eigenvalue weighted by Gasteiger charge is -2.03. The first-order chi connectivity index (χ1) is 13.7. The van der Waals surface area contributed by atoms with Gasteiger partial charge in [0.05, 0.1) is 11.4 Å². The zero-order valence-corrected chi connectivity index (χ0v) is 16.1. The average Bonchev–Trinajstić information content (AvgIpc) is 2.74. The van der Waals surface area contributed by atoms with Gasteiger partial charge in [-0.05, 0) is 70.8 Å². The van der Waals surface area contributed by atoms with Crippen molar-refractivity contribution in [1.29, 1.82) is 0 Å². The SMILES string of the molecule is Nc1ccc(-c2ccc(N=Nc3ccc(-c4ccc(S)cc4)cc3)cc2)cc1. The number of nitrogens with zero attached hydrogens (tertiary/aromatic N) is 2. The van der Waals surface area contributed by atoms with Crippen LogP contribution in [0.5, 0.6) is 0 Å². The lowest BCUT2D eigenvalue weighted by molar-refractivity contribution is 1.23. The predicted octanol–water partition coefficient (Wildman–Crippen LogP) is 7.31. The highest BCUT2D eigenvalue weighted by molar-refractivity contribution is 7.80. The van der Waals surface area contributed by atoms with Crippen molar-refractivity contribution in [3.63, 3.8) is 0 Å². The largest absolute Gasteiger partial charge is 0.399 e. The molecular formula is C24H19N3S. The van der Waals surface area contributed by atoms with Gasteiger partial charge in [-0.15, -0.1) is 12.6 Å². The molecule has 0 aliphatic carbocycles. The molecular weight excluding hydrogens is 362 g/mol. The van der Waals surface area contributed by atoms with Crippen LogP contribution in [0.25, 0.3) is 22.3 Å². The molecule has 4 heteroatoms. The standard InChI is InChI=1S/C24H19N3S/c25-21-9-1-17(2-10-21)18-3-11-22(12-4-18)26-27-23-13-5-19(6-14-23)20-7-15-24(28)16-8-20/h1-16,28H,25H2. The number of nitrogens with two attached hydrogens (primary N) is 1. The van der Waals surface area contributed by atoms with Crippen molar-refractivity contribution in [2.75, 3.05) is 5.73 Å². The summed E-state index contributed by atoms with van der Waals surface area (Å²) in [5, 5.41) is 8.67. The van der Waals surface area contributed by atoms with E-state index in [1.807, 2.05) is 84.9 Å². The van der Waals surface area contributed by atoms with Crippen molar-refractivity contribution >= 4 is 29.7 Å². The van der Waals surface area contributed by atoms with E-state index in [1.165, 1.54) is 0 Å². The van der Waals surface area contributed by atoms with E-state index in [2.05, 4.69) is 35.0 Å². The highest BCUT2D eigenvalue weighted by Crippen LogP contribution is 2.27. The van der Waals surface area contributed by atoms with Gasteiger partial charge in [0.1, 0.15) is 0 Å². The lowest BCUT2D eigenvalue weighted by Crippen LogP contribution is -1.83. The Bertz CT molecular complexity index is 992. The molecule has 0 aromatic heterocycles. The van der Waals surface area contributed by atoms with E-state index < -0.39 is 0 Å². The molecule has 0 bridgehead atoms. The zero-order valence-electron chi connectivity index (χ0n) is 15.2. The van der Waals surface area contributed by atoms with Crippen molar-refractivity contribution in [2.45, 2.75) is 4.90 Å². The summed E-state index contributed by atoms with van der Waals surface area (Å²) in [4.78, 5) is 0.955. The van der Waals surface area contributed by atoms with E-state index in [0.29, 0.717) is 0 Å². The van der Waals surface area contributed by atoms with Gasteiger partial charge in [0, 0.05) is 10.6 Å². The molecule has 28 heavy (non-hydrogen) atoms. The van der Waals surface area contributed by atoms with Crippen LogP contribution in [0.4, 0.5) is 17.1 Å². The van der Waals surface area contributed by atoms with Crippen LogP contribution in [-0.4, -0.2) is 0 Å². The van der Waals surface area contributed by atoms with Crippen molar-refractivity contribution in [3.05, 3.63) is 97.1 Å². The zero-order chi connectivity index (χ0) is 19.3. The Morgan fingerprint density at radius 2 is 0.786 bits per heavy atom. The topological polar surface area (TPSA) is 50.7 Å². The molecule has 4 rings (SSSR count). The van der Waals surface area contributed by atoms with Crippen molar-refractivity contribution in [1.82, 2.24) is 0 Å². The Morgan fingerprint density at radius 1 is 0.464 bits per heavy atom. The molecule has 4 aromatic carbocycles. The van der Waals surface area contributed by atoms with Crippen LogP contribution < -0.4 is 5.73 Å². The Labute approximate surface area is 170 Å². The molecule has 0 amide bonds. The number of nitrogen functional groups attached to an aromatic ring is 1. The number of azo groups is 1. The van der Waals surface area contributed by atoms with E-state index >= 15 is 0 Å². The van der Waals surface area contributed by atoms with Crippen LogP contribution in [0.15, 0.2) is 112 Å². The third-order valence-corrected chi connectivity index (χ3v) is 4.76. The van der Waals surface area contributed by atoms with Gasteiger partial charge in [-0.3, -0.25) is 0 Å². The van der Waals surface area contributed by atoms with Gasteiger partial charge in [-0.1, -0.05) is 48.5 Å². The van der Waals surface area contributed by atoms with Crippen molar-refractivity contribution in [2.24, 2.45) is 10.2 Å². The van der Waals surface area contributed by atoms with Gasteiger partial charge in [-0.2, -0.15) is 10.2 Å². The average molecular weight is 382 g/mol. The first-order valence-electron chi connectivity index (χ1n) is 8.94. The minimum absolute atomic E-state index is 0.763. The summed E-state index contributed by atoms with van der Waals surface area (Å²) in [5.41, 5.74) is 12.7. The number of thiol groups is 1. The first-order valence-corrected chi connectivity index (χ1v) is 9.39. The maximum absolute atomic E-state index is 5.74. The second-order valence-electron chi connectivity index (χ2n) is 6.46. The number of benzene rings is 4.